The van der Waals surface area contributed by atoms with Crippen molar-refractivity contribution in [3.8, 4) is 0 Å². The van der Waals surface area contributed by atoms with Crippen LogP contribution in [0.1, 0.15) is 24.1 Å². The van der Waals surface area contributed by atoms with Crippen LogP contribution in [0.3, 0.4) is 0 Å². The van der Waals surface area contributed by atoms with Gasteiger partial charge in [-0.3, -0.25) is 0 Å². The topological polar surface area (TPSA) is 12.0 Å². The van der Waals surface area contributed by atoms with Gasteiger partial charge in [0.05, 0.1) is 6.04 Å². The predicted octanol–water partition coefficient (Wildman–Crippen LogP) is 4.49. The first-order chi connectivity index (χ1) is 8.63. The van der Waals surface area contributed by atoms with E-state index >= 15 is 0 Å². The second-order valence-corrected chi connectivity index (χ2v) is 5.53. The molecule has 0 aliphatic carbocycles. The molecular weight excluding hydrogens is 320 g/mol. The minimum absolute atomic E-state index is 0.0680. The van der Waals surface area contributed by atoms with Gasteiger partial charge in [0.15, 0.2) is 0 Å². The Kier molecular flexibility index (Phi) is 4.48. The Morgan fingerprint density at radius 3 is 2.50 bits per heavy atom. The van der Waals surface area contributed by atoms with Gasteiger partial charge in [0, 0.05) is 10.0 Å². The summed E-state index contributed by atoms with van der Waals surface area (Å²) < 4.78 is 28.3. The fraction of sp³-hybridized carbons (Fsp3) is 0.231. The molecule has 0 amide bonds. The summed E-state index contributed by atoms with van der Waals surface area (Å²) in [5.74, 6) is -1.09. The fourth-order valence-electron chi connectivity index (χ4n) is 1.86. The molecule has 2 aromatic rings. The van der Waals surface area contributed by atoms with Crippen LogP contribution in [-0.2, 0) is 0 Å². The molecule has 0 fully saturated rings. The maximum absolute atomic E-state index is 14.0. The summed E-state index contributed by atoms with van der Waals surface area (Å²) in [4.78, 5) is 0. The zero-order chi connectivity index (χ0) is 13.1. The minimum Gasteiger partial charge on any atom is -0.306 e. The largest absolute Gasteiger partial charge is 0.306 e. The van der Waals surface area contributed by atoms with Crippen molar-refractivity contribution >= 4 is 27.3 Å². The number of halogens is 3. The summed E-state index contributed by atoms with van der Waals surface area (Å²) in [6.45, 7) is 2.55. The van der Waals surface area contributed by atoms with Crippen molar-refractivity contribution in [1.29, 1.82) is 0 Å². The molecule has 0 aliphatic rings. The van der Waals surface area contributed by atoms with E-state index in [0.29, 0.717) is 11.0 Å². The van der Waals surface area contributed by atoms with E-state index in [1.165, 1.54) is 23.5 Å². The lowest BCUT2D eigenvalue weighted by Gasteiger charge is -2.19. The van der Waals surface area contributed by atoms with Crippen LogP contribution in [-0.4, -0.2) is 6.54 Å². The van der Waals surface area contributed by atoms with Gasteiger partial charge in [-0.25, -0.2) is 8.78 Å². The van der Waals surface area contributed by atoms with Crippen LogP contribution in [0.5, 0.6) is 0 Å². The molecule has 0 radical (unpaired) electrons. The van der Waals surface area contributed by atoms with Gasteiger partial charge >= 0.3 is 0 Å². The third kappa shape index (κ3) is 2.79. The number of hydrogen-bond acceptors (Lipinski definition) is 2. The van der Waals surface area contributed by atoms with Crippen molar-refractivity contribution in [2.75, 3.05) is 6.54 Å². The van der Waals surface area contributed by atoms with E-state index in [1.54, 1.807) is 0 Å². The van der Waals surface area contributed by atoms with Crippen molar-refractivity contribution in [3.05, 3.63) is 56.2 Å². The van der Waals surface area contributed by atoms with Crippen LogP contribution in [0.4, 0.5) is 8.78 Å². The molecule has 1 nitrogen and oxygen atoms in total. The van der Waals surface area contributed by atoms with Crippen LogP contribution in [0, 0.1) is 11.6 Å². The highest BCUT2D eigenvalue weighted by Gasteiger charge is 2.22. The lowest BCUT2D eigenvalue weighted by atomic mass is 10.00. The Hall–Kier alpha value is -0.780. The predicted molar refractivity (Wildman–Crippen MR) is 73.9 cm³/mol. The van der Waals surface area contributed by atoms with Gasteiger partial charge in [0.25, 0.3) is 0 Å². The van der Waals surface area contributed by atoms with Crippen LogP contribution >= 0.6 is 27.3 Å². The van der Waals surface area contributed by atoms with Crippen LogP contribution in [0.15, 0.2) is 33.4 Å². The minimum atomic E-state index is -0.543. The first kappa shape index (κ1) is 13.6. The van der Waals surface area contributed by atoms with Crippen LogP contribution in [0.25, 0.3) is 0 Å². The molecule has 1 atom stereocenters. The molecule has 0 bridgehead atoms. The smallest absolute Gasteiger partial charge is 0.132 e. The molecule has 1 heterocycles. The summed E-state index contributed by atoms with van der Waals surface area (Å²) in [5.41, 5.74) is 0.945. The van der Waals surface area contributed by atoms with Crippen molar-refractivity contribution in [2.24, 2.45) is 0 Å². The molecule has 18 heavy (non-hydrogen) atoms. The Morgan fingerprint density at radius 1 is 1.33 bits per heavy atom. The van der Waals surface area contributed by atoms with Gasteiger partial charge in [-0.1, -0.05) is 22.9 Å². The molecule has 1 unspecified atom stereocenters. The lowest BCUT2D eigenvalue weighted by Crippen LogP contribution is -2.23. The van der Waals surface area contributed by atoms with E-state index in [-0.39, 0.29) is 5.56 Å². The number of rotatable bonds is 4. The summed E-state index contributed by atoms with van der Waals surface area (Å²) in [7, 11) is 0. The molecule has 0 saturated heterocycles. The van der Waals surface area contributed by atoms with Gasteiger partial charge in [-0.15, -0.1) is 0 Å². The molecule has 5 heteroatoms. The third-order valence-corrected chi connectivity index (χ3v) is 3.78. The average Bonchev–Trinajstić information content (AvgIpc) is 2.79. The lowest BCUT2D eigenvalue weighted by molar-refractivity contribution is 0.510. The Balaban J connectivity index is 2.49. The highest BCUT2D eigenvalue weighted by molar-refractivity contribution is 9.10. The van der Waals surface area contributed by atoms with Crippen LogP contribution in [0.2, 0.25) is 0 Å². The number of thiophene rings is 1. The van der Waals surface area contributed by atoms with E-state index in [1.807, 2.05) is 23.8 Å². The fourth-order valence-corrected chi connectivity index (χ4v) is 2.95. The normalized spacial score (nSPS) is 12.7. The van der Waals surface area contributed by atoms with Gasteiger partial charge in [0.1, 0.15) is 11.6 Å². The Labute approximate surface area is 117 Å². The van der Waals surface area contributed by atoms with Gasteiger partial charge in [-0.05, 0) is 41.1 Å². The number of nitrogens with one attached hydrogen (secondary N) is 1. The monoisotopic (exact) mass is 331 g/mol. The summed E-state index contributed by atoms with van der Waals surface area (Å²) in [5, 5.41) is 6.91. The van der Waals surface area contributed by atoms with E-state index in [0.717, 1.165) is 5.56 Å². The van der Waals surface area contributed by atoms with Crippen LogP contribution < -0.4 is 5.32 Å². The molecule has 96 valence electrons. The van der Waals surface area contributed by atoms with Gasteiger partial charge in [0.2, 0.25) is 0 Å². The first-order valence-corrected chi connectivity index (χ1v) is 7.27. The molecule has 1 aromatic carbocycles. The maximum Gasteiger partial charge on any atom is 0.132 e. The number of benzene rings is 1. The summed E-state index contributed by atoms with van der Waals surface area (Å²) in [6.07, 6.45) is 0. The molecule has 1 N–H and O–H groups in total. The van der Waals surface area contributed by atoms with Crippen molar-refractivity contribution < 1.29 is 8.78 Å². The molecule has 1 aromatic heterocycles. The molecule has 0 saturated carbocycles. The highest BCUT2D eigenvalue weighted by Crippen LogP contribution is 2.30. The standard InChI is InChI=1S/C13H12BrF2NS/c1-2-17-13(8-3-4-18-7-8)12-10(15)5-9(14)6-11(12)16/h3-7,13,17H,2H2,1H3. The van der Waals surface area contributed by atoms with Crippen molar-refractivity contribution in [1.82, 2.24) is 5.32 Å². The number of hydrogen-bond donors (Lipinski definition) is 1. The second kappa shape index (κ2) is 5.91. The van der Waals surface area contributed by atoms with Gasteiger partial charge in [-0.2, -0.15) is 11.3 Å². The first-order valence-electron chi connectivity index (χ1n) is 5.53. The third-order valence-electron chi connectivity index (χ3n) is 2.62. The molecular formula is C13H12BrF2NS. The summed E-state index contributed by atoms with van der Waals surface area (Å²) in [6, 6.07) is 4.00. The van der Waals surface area contributed by atoms with E-state index in [9.17, 15) is 8.78 Å². The molecule has 0 aliphatic heterocycles. The van der Waals surface area contributed by atoms with E-state index in [2.05, 4.69) is 21.2 Å². The Morgan fingerprint density at radius 2 is 2.00 bits per heavy atom. The van der Waals surface area contributed by atoms with Crippen molar-refractivity contribution in [2.45, 2.75) is 13.0 Å². The van der Waals surface area contributed by atoms with Gasteiger partial charge < -0.3 is 5.32 Å². The SMILES string of the molecule is CCNC(c1ccsc1)c1c(F)cc(Br)cc1F. The maximum atomic E-state index is 14.0. The van der Waals surface area contributed by atoms with E-state index < -0.39 is 17.7 Å². The van der Waals surface area contributed by atoms with E-state index in [4.69, 9.17) is 0 Å². The highest BCUT2D eigenvalue weighted by atomic mass is 79.9. The average molecular weight is 332 g/mol. The quantitative estimate of drug-likeness (QED) is 0.870. The molecule has 2 rings (SSSR count). The zero-order valence-electron chi connectivity index (χ0n) is 9.71. The zero-order valence-corrected chi connectivity index (χ0v) is 12.1. The summed E-state index contributed by atoms with van der Waals surface area (Å²) >= 11 is 4.59. The Bertz CT molecular complexity index is 505. The van der Waals surface area contributed by atoms with Crippen molar-refractivity contribution in [3.63, 3.8) is 0 Å². The second-order valence-electron chi connectivity index (χ2n) is 3.83. The molecule has 0 spiro atoms.